The molecule has 0 amide bonds. The summed E-state index contributed by atoms with van der Waals surface area (Å²) in [6.07, 6.45) is 0.889. The first-order chi connectivity index (χ1) is 15.5. The molecule has 1 aliphatic heterocycles. The zero-order chi connectivity index (χ0) is 22.3. The summed E-state index contributed by atoms with van der Waals surface area (Å²) < 4.78 is 14.7. The Hall–Kier alpha value is -3.18. The van der Waals surface area contributed by atoms with Crippen molar-refractivity contribution >= 4 is 16.6 Å². The summed E-state index contributed by atoms with van der Waals surface area (Å²) >= 11 is 0. The molecule has 11 heteroatoms. The highest BCUT2D eigenvalue weighted by atomic mass is 16.5. The van der Waals surface area contributed by atoms with Crippen LogP contribution in [0.15, 0.2) is 24.3 Å². The molecule has 0 bridgehead atoms. The highest BCUT2D eigenvalue weighted by Crippen LogP contribution is 2.35. The van der Waals surface area contributed by atoms with E-state index in [9.17, 15) is 0 Å². The molecule has 1 saturated heterocycles. The van der Waals surface area contributed by atoms with Crippen LogP contribution in [-0.4, -0.2) is 78.6 Å². The van der Waals surface area contributed by atoms with Crippen molar-refractivity contribution in [3.8, 4) is 5.75 Å². The van der Waals surface area contributed by atoms with Crippen molar-refractivity contribution in [1.82, 2.24) is 45.1 Å². The predicted octanol–water partition coefficient (Wildman–Crippen LogP) is 1.84. The third-order valence-corrected chi connectivity index (χ3v) is 6.39. The Morgan fingerprint density at radius 2 is 1.88 bits per heavy atom. The van der Waals surface area contributed by atoms with Gasteiger partial charge in [-0.2, -0.15) is 4.52 Å². The molecule has 1 aliphatic rings. The zero-order valence-corrected chi connectivity index (χ0v) is 18.8. The minimum Gasteiger partial charge on any atom is -0.497 e. The fourth-order valence-corrected chi connectivity index (χ4v) is 4.20. The van der Waals surface area contributed by atoms with E-state index >= 15 is 0 Å². The van der Waals surface area contributed by atoms with Gasteiger partial charge in [-0.1, -0.05) is 6.92 Å². The lowest BCUT2D eigenvalue weighted by atomic mass is 9.98. The number of aromatic nitrogens is 8. The van der Waals surface area contributed by atoms with E-state index in [4.69, 9.17) is 9.47 Å². The predicted molar refractivity (Wildman–Crippen MR) is 117 cm³/mol. The molecule has 3 aromatic heterocycles. The maximum absolute atomic E-state index is 5.63. The molecule has 0 unspecified atom stereocenters. The maximum Gasteiger partial charge on any atom is 0.185 e. The summed E-state index contributed by atoms with van der Waals surface area (Å²) in [6.45, 7) is 9.26. The molecule has 0 N–H and O–H groups in total. The summed E-state index contributed by atoms with van der Waals surface area (Å²) in [6, 6.07) is 7.82. The Balaban J connectivity index is 1.76. The Labute approximate surface area is 185 Å². The molecule has 11 nitrogen and oxygen atoms in total. The molecule has 32 heavy (non-hydrogen) atoms. The van der Waals surface area contributed by atoms with Crippen LogP contribution in [0.3, 0.4) is 0 Å². The van der Waals surface area contributed by atoms with Crippen molar-refractivity contribution in [2.45, 2.75) is 38.8 Å². The van der Waals surface area contributed by atoms with Crippen LogP contribution in [0.2, 0.25) is 0 Å². The van der Waals surface area contributed by atoms with E-state index in [1.54, 1.807) is 11.6 Å². The standard InChI is InChI=1S/C21H27N9O2/c1-5-21(2,3)30-20(23-25-27-30)18(28-8-10-32-11-9-28)16-12-14-6-7-15(31-4)13-17(14)29-19(16)22-24-26-29/h6-7,12-13,18H,5,8-11H2,1-4H3/t18-/m0/s1. The van der Waals surface area contributed by atoms with E-state index in [0.29, 0.717) is 18.9 Å². The van der Waals surface area contributed by atoms with Crippen molar-refractivity contribution in [3.63, 3.8) is 0 Å². The average molecular weight is 438 g/mol. The molecule has 0 aliphatic carbocycles. The molecule has 0 spiro atoms. The molecular formula is C21H27N9O2. The van der Waals surface area contributed by atoms with E-state index in [0.717, 1.165) is 47.6 Å². The SMILES string of the molecule is CCC(C)(C)n1nnnc1[C@H](c1cc2ccc(OC)cc2n2nnnc12)N1CCOCC1. The second kappa shape index (κ2) is 8.06. The van der Waals surface area contributed by atoms with E-state index in [1.165, 1.54) is 0 Å². The van der Waals surface area contributed by atoms with Gasteiger partial charge in [-0.3, -0.25) is 4.90 Å². The van der Waals surface area contributed by atoms with E-state index in [-0.39, 0.29) is 11.6 Å². The van der Waals surface area contributed by atoms with Crippen LogP contribution in [0.4, 0.5) is 0 Å². The first kappa shape index (κ1) is 20.7. The van der Waals surface area contributed by atoms with E-state index < -0.39 is 0 Å². The minimum atomic E-state index is -0.240. The summed E-state index contributed by atoms with van der Waals surface area (Å²) in [4.78, 5) is 2.34. The fourth-order valence-electron chi connectivity index (χ4n) is 4.20. The van der Waals surface area contributed by atoms with Crippen LogP contribution in [0.1, 0.15) is 44.6 Å². The van der Waals surface area contributed by atoms with Crippen molar-refractivity contribution in [3.05, 3.63) is 35.7 Å². The Morgan fingerprint density at radius 1 is 1.09 bits per heavy atom. The van der Waals surface area contributed by atoms with Crippen molar-refractivity contribution in [2.75, 3.05) is 33.4 Å². The van der Waals surface area contributed by atoms with Gasteiger partial charge in [0.25, 0.3) is 0 Å². The number of benzene rings is 1. The van der Waals surface area contributed by atoms with Crippen molar-refractivity contribution in [2.24, 2.45) is 0 Å². The molecule has 168 valence electrons. The highest BCUT2D eigenvalue weighted by molar-refractivity contribution is 5.84. The monoisotopic (exact) mass is 437 g/mol. The van der Waals surface area contributed by atoms with Gasteiger partial charge in [-0.15, -0.1) is 10.2 Å². The fraction of sp³-hybridized carbons (Fsp3) is 0.524. The zero-order valence-electron chi connectivity index (χ0n) is 18.8. The number of tetrazole rings is 2. The van der Waals surface area contributed by atoms with Crippen LogP contribution >= 0.6 is 0 Å². The highest BCUT2D eigenvalue weighted by Gasteiger charge is 2.35. The van der Waals surface area contributed by atoms with Crippen LogP contribution < -0.4 is 4.74 Å². The lowest BCUT2D eigenvalue weighted by molar-refractivity contribution is 0.0208. The average Bonchev–Trinajstić information content (AvgIpc) is 3.50. The van der Waals surface area contributed by atoms with Gasteiger partial charge in [0, 0.05) is 30.1 Å². The topological polar surface area (TPSA) is 108 Å². The summed E-state index contributed by atoms with van der Waals surface area (Å²) in [5.74, 6) is 1.52. The Bertz CT molecular complexity index is 1240. The third kappa shape index (κ3) is 3.37. The smallest absolute Gasteiger partial charge is 0.185 e. The lowest BCUT2D eigenvalue weighted by Gasteiger charge is -2.35. The molecular weight excluding hydrogens is 410 g/mol. The normalized spacial score (nSPS) is 16.6. The summed E-state index contributed by atoms with van der Waals surface area (Å²) in [5.41, 5.74) is 2.27. The first-order valence-corrected chi connectivity index (χ1v) is 10.8. The minimum absolute atomic E-state index is 0.222. The molecule has 5 rings (SSSR count). The second-order valence-electron chi connectivity index (χ2n) is 8.60. The molecule has 1 aromatic carbocycles. The second-order valence-corrected chi connectivity index (χ2v) is 8.60. The number of methoxy groups -OCH3 is 1. The van der Waals surface area contributed by atoms with Gasteiger partial charge in [0.15, 0.2) is 11.5 Å². The van der Waals surface area contributed by atoms with Crippen molar-refractivity contribution in [1.29, 1.82) is 0 Å². The van der Waals surface area contributed by atoms with Crippen LogP contribution in [0.25, 0.3) is 16.6 Å². The molecule has 1 atom stereocenters. The van der Waals surface area contributed by atoms with Gasteiger partial charge in [-0.05, 0) is 59.3 Å². The Morgan fingerprint density at radius 3 is 2.62 bits per heavy atom. The number of fused-ring (bicyclic) bond motifs is 3. The lowest BCUT2D eigenvalue weighted by Crippen LogP contribution is -2.42. The van der Waals surface area contributed by atoms with Crippen LogP contribution in [-0.2, 0) is 10.3 Å². The number of hydrogen-bond donors (Lipinski definition) is 0. The van der Waals surface area contributed by atoms with Crippen LogP contribution in [0, 0.1) is 0 Å². The number of nitrogens with zero attached hydrogens (tertiary/aromatic N) is 9. The summed E-state index contributed by atoms with van der Waals surface area (Å²) in [5, 5.41) is 26.6. The van der Waals surface area contributed by atoms with Gasteiger partial charge in [0.2, 0.25) is 0 Å². The summed E-state index contributed by atoms with van der Waals surface area (Å²) in [7, 11) is 1.65. The largest absolute Gasteiger partial charge is 0.497 e. The Kier molecular flexibility index (Phi) is 5.22. The van der Waals surface area contributed by atoms with Gasteiger partial charge in [0.05, 0.1) is 31.4 Å². The molecule has 0 radical (unpaired) electrons. The van der Waals surface area contributed by atoms with Gasteiger partial charge >= 0.3 is 0 Å². The third-order valence-electron chi connectivity index (χ3n) is 6.39. The number of pyridine rings is 1. The number of hydrogen-bond acceptors (Lipinski definition) is 9. The van der Waals surface area contributed by atoms with E-state index in [1.807, 2.05) is 22.9 Å². The molecule has 1 fully saturated rings. The number of rotatable bonds is 6. The number of morpholine rings is 1. The molecule has 4 aromatic rings. The van der Waals surface area contributed by atoms with Gasteiger partial charge in [0.1, 0.15) is 11.8 Å². The maximum atomic E-state index is 5.63. The molecule has 4 heterocycles. The van der Waals surface area contributed by atoms with E-state index in [2.05, 4.69) is 62.8 Å². The first-order valence-electron chi connectivity index (χ1n) is 10.8. The van der Waals surface area contributed by atoms with Gasteiger partial charge < -0.3 is 9.47 Å². The molecule has 0 saturated carbocycles. The number of ether oxygens (including phenoxy) is 2. The quantitative estimate of drug-likeness (QED) is 0.446. The van der Waals surface area contributed by atoms with Crippen LogP contribution in [0.5, 0.6) is 5.75 Å². The van der Waals surface area contributed by atoms with Crippen molar-refractivity contribution < 1.29 is 9.47 Å². The van der Waals surface area contributed by atoms with Gasteiger partial charge in [-0.25, -0.2) is 4.68 Å².